The van der Waals surface area contributed by atoms with Crippen LogP contribution >= 0.6 is 28.1 Å². The molecule has 0 atom stereocenters. The highest BCUT2D eigenvalue weighted by Crippen LogP contribution is 2.19. The van der Waals surface area contributed by atoms with Crippen molar-refractivity contribution < 1.29 is 0 Å². The number of rotatable bonds is 1. The number of hydrogen-bond donors (Lipinski definition) is 1. The Labute approximate surface area is 89.3 Å². The van der Waals surface area contributed by atoms with Gasteiger partial charge in [-0.25, -0.2) is 4.68 Å². The van der Waals surface area contributed by atoms with Crippen molar-refractivity contribution in [3.05, 3.63) is 45.6 Å². The van der Waals surface area contributed by atoms with E-state index in [1.54, 1.807) is 0 Å². The molecule has 0 spiro atoms. The van der Waals surface area contributed by atoms with E-state index in [1.165, 1.54) is 0 Å². The van der Waals surface area contributed by atoms with Crippen LogP contribution in [0.15, 0.2) is 41.0 Å². The van der Waals surface area contributed by atoms with Gasteiger partial charge in [0.05, 0.1) is 5.69 Å². The van der Waals surface area contributed by atoms with E-state index in [2.05, 4.69) is 21.0 Å². The Hall–Kier alpha value is -0.870. The Kier molecular flexibility index (Phi) is 2.33. The molecule has 2 nitrogen and oxygen atoms in total. The molecule has 1 heterocycles. The molecule has 1 aromatic carbocycles. The number of aromatic nitrogens is 2. The molecule has 0 saturated carbocycles. The average molecular weight is 255 g/mol. The smallest absolute Gasteiger partial charge is 0.127 e. The second-order valence-corrected chi connectivity index (χ2v) is 3.86. The summed E-state index contributed by atoms with van der Waals surface area (Å²) in [5.41, 5.74) is 1.03. The number of halogens is 1. The maximum Gasteiger partial charge on any atom is 0.127 e. The summed E-state index contributed by atoms with van der Waals surface area (Å²) >= 11 is 8.60. The topological polar surface area (TPSA) is 20.7 Å². The van der Waals surface area contributed by atoms with Crippen molar-refractivity contribution in [2.24, 2.45) is 0 Å². The Balaban J connectivity index is 2.66. The molecule has 0 aliphatic heterocycles. The Morgan fingerprint density at radius 3 is 2.62 bits per heavy atom. The molecule has 0 bridgehead atoms. The molecule has 13 heavy (non-hydrogen) atoms. The van der Waals surface area contributed by atoms with Crippen LogP contribution in [0.25, 0.3) is 5.69 Å². The van der Waals surface area contributed by atoms with Crippen LogP contribution in [-0.4, -0.2) is 9.78 Å². The van der Waals surface area contributed by atoms with Crippen molar-refractivity contribution in [3.8, 4) is 5.69 Å². The normalized spacial score (nSPS) is 10.2. The van der Waals surface area contributed by atoms with E-state index >= 15 is 0 Å². The van der Waals surface area contributed by atoms with Gasteiger partial charge in [0, 0.05) is 10.7 Å². The molecule has 2 rings (SSSR count). The van der Waals surface area contributed by atoms with Crippen molar-refractivity contribution in [1.82, 2.24) is 9.78 Å². The van der Waals surface area contributed by atoms with Gasteiger partial charge in [0.25, 0.3) is 0 Å². The van der Waals surface area contributed by atoms with Gasteiger partial charge in [-0.1, -0.05) is 24.4 Å². The van der Waals surface area contributed by atoms with Crippen molar-refractivity contribution in [2.75, 3.05) is 0 Å². The van der Waals surface area contributed by atoms with Gasteiger partial charge in [0.1, 0.15) is 4.64 Å². The zero-order valence-corrected chi connectivity index (χ0v) is 9.10. The second kappa shape index (κ2) is 3.47. The maximum atomic E-state index is 5.14. The van der Waals surface area contributed by atoms with Crippen molar-refractivity contribution >= 4 is 28.1 Å². The lowest BCUT2D eigenvalue weighted by Gasteiger charge is -2.04. The Morgan fingerprint density at radius 2 is 2.00 bits per heavy atom. The molecule has 1 N–H and O–H groups in total. The third kappa shape index (κ3) is 1.59. The van der Waals surface area contributed by atoms with E-state index in [0.717, 1.165) is 14.8 Å². The fraction of sp³-hybridized carbons (Fsp3) is 0. The molecular formula is C9H7BrN2S. The molecule has 1 aromatic heterocycles. The number of H-pyrrole nitrogens is 1. The van der Waals surface area contributed by atoms with Gasteiger partial charge < -0.3 is 5.10 Å². The first kappa shape index (κ1) is 8.72. The van der Waals surface area contributed by atoms with Gasteiger partial charge in [0.15, 0.2) is 0 Å². The summed E-state index contributed by atoms with van der Waals surface area (Å²) in [7, 11) is 0. The lowest BCUT2D eigenvalue weighted by molar-refractivity contribution is 0.865. The van der Waals surface area contributed by atoms with Crippen LogP contribution in [0.2, 0.25) is 0 Å². The number of benzene rings is 1. The fourth-order valence-electron chi connectivity index (χ4n) is 1.14. The highest BCUT2D eigenvalue weighted by atomic mass is 79.9. The summed E-state index contributed by atoms with van der Waals surface area (Å²) < 4.78 is 3.64. The van der Waals surface area contributed by atoms with Gasteiger partial charge in [-0.15, -0.1) is 0 Å². The summed E-state index contributed by atoms with van der Waals surface area (Å²) in [6, 6.07) is 9.78. The van der Waals surface area contributed by atoms with Crippen LogP contribution in [0.3, 0.4) is 0 Å². The van der Waals surface area contributed by atoms with E-state index in [-0.39, 0.29) is 0 Å². The van der Waals surface area contributed by atoms with E-state index in [1.807, 2.05) is 41.2 Å². The summed E-state index contributed by atoms with van der Waals surface area (Å²) in [5, 5.41) is 3.05. The zero-order chi connectivity index (χ0) is 9.26. The van der Waals surface area contributed by atoms with Crippen molar-refractivity contribution in [3.63, 3.8) is 0 Å². The number of nitrogens with zero attached hydrogens (tertiary/aromatic N) is 1. The second-order valence-electron chi connectivity index (χ2n) is 2.59. The first-order valence-corrected chi connectivity index (χ1v) is 5.00. The highest BCUT2D eigenvalue weighted by molar-refractivity contribution is 9.10. The standard InChI is InChI=1S/C9H7BrN2S/c10-7-3-1-2-4-8(7)12-9(13)5-6-11-12/h1-6,11H. The summed E-state index contributed by atoms with van der Waals surface area (Å²) in [6.07, 6.45) is 1.82. The lowest BCUT2D eigenvalue weighted by atomic mass is 10.3. The first-order valence-electron chi connectivity index (χ1n) is 3.80. The van der Waals surface area contributed by atoms with Gasteiger partial charge in [0.2, 0.25) is 0 Å². The van der Waals surface area contributed by atoms with Gasteiger partial charge >= 0.3 is 0 Å². The molecule has 4 heteroatoms. The maximum absolute atomic E-state index is 5.14. The van der Waals surface area contributed by atoms with Crippen LogP contribution in [0, 0.1) is 4.64 Å². The quantitative estimate of drug-likeness (QED) is 0.775. The molecule has 0 saturated heterocycles. The molecule has 66 valence electrons. The predicted octanol–water partition coefficient (Wildman–Crippen LogP) is 3.30. The molecule has 0 unspecified atom stereocenters. The number of hydrogen-bond acceptors (Lipinski definition) is 1. The molecule has 0 aliphatic carbocycles. The molecule has 0 radical (unpaired) electrons. The number of nitrogens with one attached hydrogen (secondary N) is 1. The van der Waals surface area contributed by atoms with Crippen LogP contribution < -0.4 is 0 Å². The van der Waals surface area contributed by atoms with E-state index in [0.29, 0.717) is 0 Å². The van der Waals surface area contributed by atoms with Gasteiger partial charge in [-0.3, -0.25) is 0 Å². The SMILES string of the molecule is S=c1cc[nH]n1-c1ccccc1Br. The van der Waals surface area contributed by atoms with Crippen molar-refractivity contribution in [1.29, 1.82) is 0 Å². The molecule has 2 aromatic rings. The summed E-state index contributed by atoms with van der Waals surface area (Å²) in [6.45, 7) is 0. The molecule has 0 aliphatic rings. The van der Waals surface area contributed by atoms with E-state index in [4.69, 9.17) is 12.2 Å². The highest BCUT2D eigenvalue weighted by Gasteiger charge is 2.00. The third-order valence-electron chi connectivity index (χ3n) is 1.74. The first-order chi connectivity index (χ1) is 6.29. The Morgan fingerprint density at radius 1 is 1.23 bits per heavy atom. The summed E-state index contributed by atoms with van der Waals surface area (Å²) in [5.74, 6) is 0. The van der Waals surface area contributed by atoms with Crippen LogP contribution in [-0.2, 0) is 0 Å². The predicted molar refractivity (Wildman–Crippen MR) is 58.7 cm³/mol. The van der Waals surface area contributed by atoms with Crippen LogP contribution in [0.5, 0.6) is 0 Å². The van der Waals surface area contributed by atoms with Gasteiger partial charge in [-0.2, -0.15) is 0 Å². The molecule has 0 fully saturated rings. The van der Waals surface area contributed by atoms with E-state index < -0.39 is 0 Å². The van der Waals surface area contributed by atoms with Crippen LogP contribution in [0.1, 0.15) is 0 Å². The van der Waals surface area contributed by atoms with Crippen LogP contribution in [0.4, 0.5) is 0 Å². The largest absolute Gasteiger partial charge is 0.300 e. The van der Waals surface area contributed by atoms with E-state index in [9.17, 15) is 0 Å². The zero-order valence-electron chi connectivity index (χ0n) is 6.70. The average Bonchev–Trinajstić information content (AvgIpc) is 2.52. The molecular weight excluding hydrogens is 248 g/mol. The monoisotopic (exact) mass is 254 g/mol. The Bertz CT molecular complexity index is 472. The van der Waals surface area contributed by atoms with Gasteiger partial charge in [-0.05, 0) is 34.1 Å². The lowest BCUT2D eigenvalue weighted by Crippen LogP contribution is -1.96. The molecule has 0 amide bonds. The minimum Gasteiger partial charge on any atom is -0.300 e. The number of aromatic amines is 1. The third-order valence-corrected chi connectivity index (χ3v) is 2.73. The van der Waals surface area contributed by atoms with Crippen molar-refractivity contribution in [2.45, 2.75) is 0 Å². The number of para-hydroxylation sites is 1. The fourth-order valence-corrected chi connectivity index (χ4v) is 1.82. The summed E-state index contributed by atoms with van der Waals surface area (Å²) in [4.78, 5) is 0. The minimum absolute atomic E-state index is 0.770. The minimum atomic E-state index is 0.770.